The van der Waals surface area contributed by atoms with Crippen LogP contribution in [0.15, 0.2) is 35.3 Å². The third-order valence-corrected chi connectivity index (χ3v) is 5.52. The van der Waals surface area contributed by atoms with Gasteiger partial charge in [0.15, 0.2) is 10.8 Å². The summed E-state index contributed by atoms with van der Waals surface area (Å²) >= 11 is 0. The van der Waals surface area contributed by atoms with Crippen LogP contribution >= 0.6 is 0 Å². The molecule has 3 saturated heterocycles. The summed E-state index contributed by atoms with van der Waals surface area (Å²) in [6, 6.07) is 13.9. The van der Waals surface area contributed by atoms with Crippen molar-refractivity contribution in [1.29, 1.82) is 15.9 Å². The second kappa shape index (κ2) is 4.43. The molecule has 1 aromatic rings. The van der Waals surface area contributed by atoms with E-state index in [-0.39, 0.29) is 11.7 Å². The van der Waals surface area contributed by atoms with Crippen LogP contribution in [-0.2, 0) is 9.47 Å². The van der Waals surface area contributed by atoms with Gasteiger partial charge in [0.05, 0.1) is 24.2 Å². The van der Waals surface area contributed by atoms with E-state index in [9.17, 15) is 10.5 Å². The minimum atomic E-state index is -1.41. The van der Waals surface area contributed by atoms with Gasteiger partial charge in [-0.15, -0.1) is 0 Å². The van der Waals surface area contributed by atoms with Crippen molar-refractivity contribution in [2.24, 2.45) is 15.8 Å². The van der Waals surface area contributed by atoms with E-state index in [0.717, 1.165) is 5.56 Å². The van der Waals surface area contributed by atoms with Crippen molar-refractivity contribution in [2.45, 2.75) is 38.1 Å². The van der Waals surface area contributed by atoms with E-state index < -0.39 is 28.6 Å². The molecule has 120 valence electrons. The van der Waals surface area contributed by atoms with Crippen LogP contribution < -0.4 is 0 Å². The molecule has 0 radical (unpaired) electrons. The Morgan fingerprint density at radius 1 is 1.21 bits per heavy atom. The van der Waals surface area contributed by atoms with Gasteiger partial charge < -0.3 is 9.47 Å². The molecule has 0 aromatic heterocycles. The van der Waals surface area contributed by atoms with Crippen molar-refractivity contribution in [2.75, 3.05) is 0 Å². The fraction of sp³-hybridized carbons (Fsp3) is 0.444. The fourth-order valence-corrected chi connectivity index (χ4v) is 4.60. The van der Waals surface area contributed by atoms with E-state index in [1.807, 2.05) is 37.3 Å². The first kappa shape index (κ1) is 14.9. The number of aliphatic imine (C=N–C) groups is 1. The topological polar surface area (TPSA) is 102 Å². The van der Waals surface area contributed by atoms with Gasteiger partial charge in [-0.05, 0) is 12.0 Å². The zero-order valence-electron chi connectivity index (χ0n) is 13.4. The zero-order chi connectivity index (χ0) is 17.2. The lowest BCUT2D eigenvalue weighted by Gasteiger charge is -2.60. The van der Waals surface area contributed by atoms with Crippen LogP contribution in [0.2, 0.25) is 0 Å². The number of nitrogens with one attached hydrogen (secondary N) is 1. The molecule has 0 saturated carbocycles. The molecule has 1 N–H and O–H groups in total. The van der Waals surface area contributed by atoms with Crippen LogP contribution in [0.3, 0.4) is 0 Å². The maximum absolute atomic E-state index is 10.2. The largest absolute Gasteiger partial charge is 0.447 e. The number of benzene rings is 1. The predicted octanol–water partition coefficient (Wildman–Crippen LogP) is 2.73. The summed E-state index contributed by atoms with van der Waals surface area (Å²) in [6.45, 7) is 3.67. The van der Waals surface area contributed by atoms with E-state index in [4.69, 9.17) is 14.9 Å². The van der Waals surface area contributed by atoms with Crippen molar-refractivity contribution in [3.63, 3.8) is 0 Å². The van der Waals surface area contributed by atoms with Gasteiger partial charge in [0.25, 0.3) is 0 Å². The van der Waals surface area contributed by atoms with Crippen molar-refractivity contribution in [3.05, 3.63) is 35.9 Å². The highest BCUT2D eigenvalue weighted by atomic mass is 16.7. The standard InChI is InChI=1S/C18H16N4O2/c1-3-12-17(9-19)15-22-14(21)18(17,10-20)13(16(2,23-12)24-15)11-7-5-4-6-8-11/h4-8,12-13,21H,3H2,1-2H3/t12-,13-,16+,17-,18+/m1/s1. The Morgan fingerprint density at radius 3 is 2.46 bits per heavy atom. The predicted molar refractivity (Wildman–Crippen MR) is 85.1 cm³/mol. The Balaban J connectivity index is 2.07. The smallest absolute Gasteiger partial charge is 0.218 e. The van der Waals surface area contributed by atoms with Gasteiger partial charge in [-0.2, -0.15) is 15.5 Å². The van der Waals surface area contributed by atoms with Crippen molar-refractivity contribution in [3.8, 4) is 12.1 Å². The number of fused-ring (bicyclic) bond motifs is 1. The van der Waals surface area contributed by atoms with Crippen LogP contribution in [0.25, 0.3) is 0 Å². The summed E-state index contributed by atoms with van der Waals surface area (Å²) in [5.74, 6) is -1.70. The van der Waals surface area contributed by atoms with E-state index in [1.54, 1.807) is 6.92 Å². The molecular weight excluding hydrogens is 304 g/mol. The number of nitriles is 2. The van der Waals surface area contributed by atoms with Crippen molar-refractivity contribution < 1.29 is 9.47 Å². The second-order valence-corrected chi connectivity index (χ2v) is 6.58. The maximum Gasteiger partial charge on any atom is 0.218 e. The van der Waals surface area contributed by atoms with E-state index in [0.29, 0.717) is 6.42 Å². The quantitative estimate of drug-likeness (QED) is 0.905. The van der Waals surface area contributed by atoms with E-state index in [1.165, 1.54) is 0 Å². The summed E-state index contributed by atoms with van der Waals surface area (Å²) in [5.41, 5.74) is -1.99. The number of hydrogen-bond acceptors (Lipinski definition) is 5. The van der Waals surface area contributed by atoms with Gasteiger partial charge >= 0.3 is 0 Å². The molecule has 24 heavy (non-hydrogen) atoms. The molecule has 5 rings (SSSR count). The highest BCUT2D eigenvalue weighted by Gasteiger charge is 2.82. The first-order valence-electron chi connectivity index (χ1n) is 7.92. The molecule has 6 nitrogen and oxygen atoms in total. The third-order valence-electron chi connectivity index (χ3n) is 5.52. The van der Waals surface area contributed by atoms with Crippen LogP contribution in [-0.4, -0.2) is 23.6 Å². The van der Waals surface area contributed by atoms with Gasteiger partial charge in [0.2, 0.25) is 11.7 Å². The lowest BCUT2D eigenvalue weighted by Crippen LogP contribution is -2.72. The van der Waals surface area contributed by atoms with Gasteiger partial charge in [-0.1, -0.05) is 37.3 Å². The second-order valence-electron chi connectivity index (χ2n) is 6.58. The van der Waals surface area contributed by atoms with Crippen LogP contribution in [0.1, 0.15) is 31.7 Å². The SMILES string of the molecule is CC[C@H]1O[C@@]2(C)OC3=NC(=N)[C@](C#N)([C@@H]2c2ccccc2)[C@@]31C#N. The number of nitrogens with zero attached hydrogens (tertiary/aromatic N) is 3. The highest BCUT2D eigenvalue weighted by molar-refractivity contribution is 6.13. The lowest BCUT2D eigenvalue weighted by atomic mass is 9.50. The first-order valence-corrected chi connectivity index (χ1v) is 7.92. The van der Waals surface area contributed by atoms with Crippen LogP contribution in [0, 0.1) is 38.9 Å². The average molecular weight is 320 g/mol. The number of rotatable bonds is 2. The fourth-order valence-electron chi connectivity index (χ4n) is 4.60. The molecule has 4 bridgehead atoms. The van der Waals surface area contributed by atoms with Crippen molar-refractivity contribution >= 4 is 11.7 Å². The Labute approximate surface area is 139 Å². The Kier molecular flexibility index (Phi) is 2.75. The maximum atomic E-state index is 10.2. The van der Waals surface area contributed by atoms with E-state index >= 15 is 0 Å². The summed E-state index contributed by atoms with van der Waals surface area (Å²) in [4.78, 5) is 4.19. The number of hydrogen-bond donors (Lipinski definition) is 1. The average Bonchev–Trinajstić information content (AvgIpc) is 2.79. The summed E-state index contributed by atoms with van der Waals surface area (Å²) in [7, 11) is 0. The number of amidine groups is 1. The lowest BCUT2D eigenvalue weighted by molar-refractivity contribution is -0.314. The van der Waals surface area contributed by atoms with Crippen LogP contribution in [0.5, 0.6) is 0 Å². The Hall–Kier alpha value is -2.70. The molecule has 4 heterocycles. The van der Waals surface area contributed by atoms with Crippen molar-refractivity contribution in [1.82, 2.24) is 0 Å². The minimum absolute atomic E-state index is 0.110. The molecule has 0 amide bonds. The summed E-state index contributed by atoms with van der Waals surface area (Å²) in [6.07, 6.45) is -0.00789. The third kappa shape index (κ3) is 1.31. The van der Waals surface area contributed by atoms with Gasteiger partial charge in [0, 0.05) is 6.92 Å². The van der Waals surface area contributed by atoms with Gasteiger partial charge in [-0.3, -0.25) is 5.41 Å². The Morgan fingerprint density at radius 2 is 1.88 bits per heavy atom. The number of ether oxygens (including phenoxy) is 2. The summed E-state index contributed by atoms with van der Waals surface area (Å²) in [5, 5.41) is 28.7. The monoisotopic (exact) mass is 320 g/mol. The molecule has 0 aliphatic carbocycles. The minimum Gasteiger partial charge on any atom is -0.447 e. The molecule has 4 aliphatic heterocycles. The van der Waals surface area contributed by atoms with Crippen LogP contribution in [0.4, 0.5) is 0 Å². The van der Waals surface area contributed by atoms with E-state index in [2.05, 4.69) is 17.1 Å². The molecule has 0 spiro atoms. The molecule has 1 aromatic carbocycles. The summed E-state index contributed by atoms with van der Waals surface area (Å²) < 4.78 is 12.1. The van der Waals surface area contributed by atoms with Gasteiger partial charge in [0.1, 0.15) is 5.84 Å². The zero-order valence-corrected chi connectivity index (χ0v) is 13.4. The molecule has 3 fully saturated rings. The molecule has 5 atom stereocenters. The molecular formula is C18H16N4O2. The van der Waals surface area contributed by atoms with Gasteiger partial charge in [-0.25, -0.2) is 0 Å². The molecule has 6 heteroatoms. The first-order chi connectivity index (χ1) is 11.5. The Bertz CT molecular complexity index is 852. The normalized spacial score (nSPS) is 42.0. The molecule has 0 unspecified atom stereocenters. The molecule has 4 aliphatic rings. The highest BCUT2D eigenvalue weighted by Crippen LogP contribution is 2.69.